The number of piperidine rings is 1. The molecule has 4 rings (SSSR count). The van der Waals surface area contributed by atoms with E-state index in [0.29, 0.717) is 38.3 Å². The predicted octanol–water partition coefficient (Wildman–Crippen LogP) is 1.24. The highest BCUT2D eigenvalue weighted by atomic mass is 16.6. The van der Waals surface area contributed by atoms with E-state index in [0.717, 1.165) is 24.1 Å². The van der Waals surface area contributed by atoms with Gasteiger partial charge in [-0.2, -0.15) is 0 Å². The fourth-order valence-corrected chi connectivity index (χ4v) is 3.92. The highest BCUT2D eigenvalue weighted by Crippen LogP contribution is 2.30. The van der Waals surface area contributed by atoms with Gasteiger partial charge >= 0.3 is 12.1 Å². The molecular formula is C18H22N4O4. The van der Waals surface area contributed by atoms with Gasteiger partial charge in [-0.3, -0.25) is 9.69 Å². The second-order valence-corrected chi connectivity index (χ2v) is 7.14. The standard InChI is InChI=1S/C18H22N4O4/c1-12-3-4-13(9-14(12)22-8-6-19-16(22)24)15(23)21-7-2-5-18(11-21)10-20-17(25)26-18/h3-4,9H,2,5-8,10-11H2,1H3,(H,19,24)(H,20,25)/t18-/m0/s1. The summed E-state index contributed by atoms with van der Waals surface area (Å²) in [6, 6.07) is 5.29. The molecular weight excluding hydrogens is 336 g/mol. The van der Waals surface area contributed by atoms with Gasteiger partial charge in [-0.05, 0) is 37.5 Å². The topological polar surface area (TPSA) is 91.0 Å². The van der Waals surface area contributed by atoms with Crippen molar-refractivity contribution in [2.75, 3.05) is 37.6 Å². The van der Waals surface area contributed by atoms with Gasteiger partial charge in [-0.15, -0.1) is 0 Å². The van der Waals surface area contributed by atoms with Gasteiger partial charge in [0.1, 0.15) is 5.60 Å². The number of amides is 4. The molecule has 0 radical (unpaired) electrons. The molecule has 4 amide bonds. The molecule has 3 aliphatic rings. The summed E-state index contributed by atoms with van der Waals surface area (Å²) in [5, 5.41) is 5.47. The average Bonchev–Trinajstić information content (AvgIpc) is 3.21. The summed E-state index contributed by atoms with van der Waals surface area (Å²) in [6.45, 7) is 4.57. The molecule has 8 nitrogen and oxygen atoms in total. The van der Waals surface area contributed by atoms with Gasteiger partial charge in [0.05, 0.1) is 13.1 Å². The lowest BCUT2D eigenvalue weighted by atomic mass is 9.92. The number of benzene rings is 1. The van der Waals surface area contributed by atoms with Crippen molar-refractivity contribution in [1.82, 2.24) is 15.5 Å². The smallest absolute Gasteiger partial charge is 0.407 e. The first-order valence-electron chi connectivity index (χ1n) is 8.90. The van der Waals surface area contributed by atoms with E-state index in [-0.39, 0.29) is 11.9 Å². The maximum absolute atomic E-state index is 13.0. The zero-order valence-corrected chi connectivity index (χ0v) is 14.7. The van der Waals surface area contributed by atoms with Crippen LogP contribution in [0.25, 0.3) is 0 Å². The van der Waals surface area contributed by atoms with Crippen molar-refractivity contribution < 1.29 is 19.1 Å². The third kappa shape index (κ3) is 2.85. The molecule has 0 bridgehead atoms. The van der Waals surface area contributed by atoms with E-state index in [9.17, 15) is 14.4 Å². The third-order valence-electron chi connectivity index (χ3n) is 5.29. The lowest BCUT2D eigenvalue weighted by molar-refractivity contribution is -0.00503. The molecule has 3 aliphatic heterocycles. The maximum atomic E-state index is 13.0. The molecule has 1 spiro atoms. The Balaban J connectivity index is 1.56. The first-order valence-corrected chi connectivity index (χ1v) is 8.90. The molecule has 1 atom stereocenters. The van der Waals surface area contributed by atoms with Crippen LogP contribution in [0.4, 0.5) is 15.3 Å². The van der Waals surface area contributed by atoms with Crippen LogP contribution in [0.1, 0.15) is 28.8 Å². The van der Waals surface area contributed by atoms with Crippen LogP contribution in [0, 0.1) is 6.92 Å². The summed E-state index contributed by atoms with van der Waals surface area (Å²) in [5.41, 5.74) is 1.63. The largest absolute Gasteiger partial charge is 0.439 e. The minimum atomic E-state index is -0.618. The number of hydrogen-bond donors (Lipinski definition) is 2. The second-order valence-electron chi connectivity index (χ2n) is 7.14. The van der Waals surface area contributed by atoms with Gasteiger partial charge in [0.15, 0.2) is 0 Å². The molecule has 0 saturated carbocycles. The zero-order valence-electron chi connectivity index (χ0n) is 14.7. The van der Waals surface area contributed by atoms with E-state index < -0.39 is 11.7 Å². The zero-order chi connectivity index (χ0) is 18.3. The van der Waals surface area contributed by atoms with E-state index in [2.05, 4.69) is 10.6 Å². The third-order valence-corrected chi connectivity index (χ3v) is 5.29. The van der Waals surface area contributed by atoms with Crippen molar-refractivity contribution in [2.24, 2.45) is 0 Å². The molecule has 1 aromatic rings. The van der Waals surface area contributed by atoms with Crippen LogP contribution in [-0.2, 0) is 4.74 Å². The van der Waals surface area contributed by atoms with Crippen LogP contribution in [0.2, 0.25) is 0 Å². The lowest BCUT2D eigenvalue weighted by Crippen LogP contribution is -2.52. The summed E-state index contributed by atoms with van der Waals surface area (Å²) in [5.74, 6) is -0.104. The number of hydrogen-bond acceptors (Lipinski definition) is 4. The number of anilines is 1. The molecule has 3 fully saturated rings. The average molecular weight is 358 g/mol. The van der Waals surface area contributed by atoms with Gasteiger partial charge in [0.25, 0.3) is 5.91 Å². The number of urea groups is 1. The highest BCUT2D eigenvalue weighted by Gasteiger charge is 2.45. The molecule has 0 unspecified atom stereocenters. The van der Waals surface area contributed by atoms with Gasteiger partial charge in [0, 0.05) is 30.9 Å². The molecule has 26 heavy (non-hydrogen) atoms. The van der Waals surface area contributed by atoms with Gasteiger partial charge < -0.3 is 20.3 Å². The highest BCUT2D eigenvalue weighted by molar-refractivity contribution is 5.99. The quantitative estimate of drug-likeness (QED) is 0.832. The Morgan fingerprint density at radius 2 is 2.08 bits per heavy atom. The minimum Gasteiger partial charge on any atom is -0.439 e. The SMILES string of the molecule is Cc1ccc(C(=O)N2CCC[C@]3(CNC(=O)O3)C2)cc1N1CCNC1=O. The first-order chi connectivity index (χ1) is 12.5. The summed E-state index contributed by atoms with van der Waals surface area (Å²) < 4.78 is 5.44. The Labute approximate surface area is 151 Å². The molecule has 1 aromatic carbocycles. The summed E-state index contributed by atoms with van der Waals surface area (Å²) >= 11 is 0. The maximum Gasteiger partial charge on any atom is 0.407 e. The van der Waals surface area contributed by atoms with Crippen LogP contribution in [0.3, 0.4) is 0 Å². The monoisotopic (exact) mass is 358 g/mol. The van der Waals surface area contributed by atoms with Crippen molar-refractivity contribution >= 4 is 23.7 Å². The van der Waals surface area contributed by atoms with Gasteiger partial charge in [-0.1, -0.05) is 6.07 Å². The fourth-order valence-electron chi connectivity index (χ4n) is 3.92. The number of nitrogens with zero attached hydrogens (tertiary/aromatic N) is 2. The molecule has 3 heterocycles. The van der Waals surface area contributed by atoms with E-state index >= 15 is 0 Å². The van der Waals surface area contributed by atoms with Crippen molar-refractivity contribution in [3.05, 3.63) is 29.3 Å². The Bertz CT molecular complexity index is 780. The Morgan fingerprint density at radius 1 is 1.23 bits per heavy atom. The van der Waals surface area contributed by atoms with Crippen LogP contribution in [0.15, 0.2) is 18.2 Å². The van der Waals surface area contributed by atoms with E-state index in [1.807, 2.05) is 13.0 Å². The number of nitrogens with one attached hydrogen (secondary N) is 2. The number of aryl methyl sites for hydroxylation is 1. The Morgan fingerprint density at radius 3 is 2.77 bits per heavy atom. The minimum absolute atomic E-state index is 0.104. The van der Waals surface area contributed by atoms with Crippen LogP contribution in [0.5, 0.6) is 0 Å². The summed E-state index contributed by atoms with van der Waals surface area (Å²) in [7, 11) is 0. The summed E-state index contributed by atoms with van der Waals surface area (Å²) in [4.78, 5) is 39.8. The Hall–Kier alpha value is -2.77. The van der Waals surface area contributed by atoms with Crippen molar-refractivity contribution in [3.63, 3.8) is 0 Å². The molecule has 2 N–H and O–H groups in total. The molecule has 8 heteroatoms. The van der Waals surface area contributed by atoms with Crippen LogP contribution >= 0.6 is 0 Å². The van der Waals surface area contributed by atoms with E-state index in [1.165, 1.54) is 0 Å². The Kier molecular flexibility index (Phi) is 3.97. The number of likely N-dealkylation sites (tertiary alicyclic amines) is 1. The molecule has 138 valence electrons. The fraction of sp³-hybridized carbons (Fsp3) is 0.500. The number of ether oxygens (including phenoxy) is 1. The van der Waals surface area contributed by atoms with E-state index in [1.54, 1.807) is 21.9 Å². The lowest BCUT2D eigenvalue weighted by Gasteiger charge is -2.38. The van der Waals surface area contributed by atoms with E-state index in [4.69, 9.17) is 4.74 Å². The van der Waals surface area contributed by atoms with Gasteiger partial charge in [0.2, 0.25) is 0 Å². The normalized spacial score (nSPS) is 25.3. The van der Waals surface area contributed by atoms with Crippen LogP contribution < -0.4 is 15.5 Å². The summed E-state index contributed by atoms with van der Waals surface area (Å²) in [6.07, 6.45) is 1.12. The van der Waals surface area contributed by atoms with Crippen molar-refractivity contribution in [2.45, 2.75) is 25.4 Å². The molecule has 0 aromatic heterocycles. The van der Waals surface area contributed by atoms with Crippen LogP contribution in [-0.4, -0.2) is 61.3 Å². The first kappa shape index (κ1) is 16.7. The number of alkyl carbamates (subject to hydrolysis) is 1. The van der Waals surface area contributed by atoms with Crippen molar-refractivity contribution in [3.8, 4) is 0 Å². The van der Waals surface area contributed by atoms with Gasteiger partial charge in [-0.25, -0.2) is 9.59 Å². The molecule has 3 saturated heterocycles. The second kappa shape index (κ2) is 6.19. The number of carbonyl (C=O) groups is 3. The van der Waals surface area contributed by atoms with Crippen molar-refractivity contribution in [1.29, 1.82) is 0 Å². The number of carbonyl (C=O) groups excluding carboxylic acids is 3. The number of rotatable bonds is 2. The molecule has 0 aliphatic carbocycles. The predicted molar refractivity (Wildman–Crippen MR) is 94.3 cm³/mol.